The van der Waals surface area contributed by atoms with Gasteiger partial charge in [-0.1, -0.05) is 43.6 Å². The number of rotatable bonds is 11. The molecule has 5 rings (SSSR count). The Morgan fingerprint density at radius 1 is 1.04 bits per heavy atom. The van der Waals surface area contributed by atoms with E-state index >= 15 is 0 Å². The van der Waals surface area contributed by atoms with E-state index in [9.17, 15) is 14.4 Å². The minimum atomic E-state index is -1.30. The van der Waals surface area contributed by atoms with Crippen LogP contribution in [-0.4, -0.2) is 84.9 Å². The number of carbonyl (C=O) groups excluding carboxylic acids is 3. The zero-order chi connectivity index (χ0) is 34.0. The first-order valence-corrected chi connectivity index (χ1v) is 20.2. The van der Waals surface area contributed by atoms with E-state index in [1.54, 1.807) is 17.2 Å². The summed E-state index contributed by atoms with van der Waals surface area (Å²) >= 11 is 0. The van der Waals surface area contributed by atoms with Crippen molar-refractivity contribution in [1.29, 1.82) is 0 Å². The first kappa shape index (κ1) is 34.8. The van der Waals surface area contributed by atoms with Gasteiger partial charge in [-0.2, -0.15) is 0 Å². The molecule has 1 unspecified atom stereocenters. The largest absolute Gasteiger partial charge is 0.496 e. The number of pyridine rings is 1. The van der Waals surface area contributed by atoms with Crippen molar-refractivity contribution in [2.45, 2.75) is 103 Å². The Morgan fingerprint density at radius 3 is 2.47 bits per heavy atom. The maximum atomic E-state index is 13.4. The summed E-state index contributed by atoms with van der Waals surface area (Å²) in [6.07, 6.45) is 3.52. The van der Waals surface area contributed by atoms with Crippen LogP contribution in [0, 0.1) is 11.8 Å². The molecule has 3 aliphatic rings. The number of hydrogen-bond acceptors (Lipinski definition) is 8. The van der Waals surface area contributed by atoms with Gasteiger partial charge in [0.1, 0.15) is 12.8 Å². The minimum absolute atomic E-state index is 0.0726. The fourth-order valence-electron chi connectivity index (χ4n) is 5.59. The van der Waals surface area contributed by atoms with Gasteiger partial charge in [0.25, 0.3) is 11.8 Å². The van der Waals surface area contributed by atoms with Crippen LogP contribution in [0.5, 0.6) is 5.88 Å². The van der Waals surface area contributed by atoms with Gasteiger partial charge >= 0.3 is 7.12 Å². The van der Waals surface area contributed by atoms with Crippen LogP contribution in [0.2, 0.25) is 25.7 Å². The van der Waals surface area contributed by atoms with Crippen LogP contribution < -0.4 is 10.2 Å². The van der Waals surface area contributed by atoms with Crippen molar-refractivity contribution in [2.75, 3.05) is 19.9 Å². The Bertz CT molecular complexity index is 1550. The molecule has 0 spiro atoms. The summed E-state index contributed by atoms with van der Waals surface area (Å²) in [5, 5.41) is 0. The second-order valence-corrected chi connectivity index (χ2v) is 20.2. The highest BCUT2D eigenvalue weighted by Crippen LogP contribution is 2.36. The molecular formula is C35H46BN3O7Si. The van der Waals surface area contributed by atoms with E-state index in [-0.39, 0.29) is 37.4 Å². The number of amides is 3. The molecule has 12 heteroatoms. The third kappa shape index (κ3) is 7.97. The van der Waals surface area contributed by atoms with Crippen molar-refractivity contribution >= 4 is 38.4 Å². The summed E-state index contributed by atoms with van der Waals surface area (Å²) in [4.78, 5) is 46.5. The zero-order valence-corrected chi connectivity index (χ0v) is 29.7. The molecule has 1 aromatic carbocycles. The number of nitrogens with zero attached hydrogens (tertiary/aromatic N) is 3. The monoisotopic (exact) mass is 659 g/mol. The molecule has 0 bridgehead atoms. The first-order valence-electron chi connectivity index (χ1n) is 16.4. The van der Waals surface area contributed by atoms with Gasteiger partial charge in [0.15, 0.2) is 0 Å². The Balaban J connectivity index is 1.12. The molecular weight excluding hydrogens is 613 g/mol. The summed E-state index contributed by atoms with van der Waals surface area (Å²) in [6, 6.07) is 9.45. The fraction of sp³-hybridized carbons (Fsp3) is 0.543. The van der Waals surface area contributed by atoms with Crippen LogP contribution >= 0.6 is 0 Å². The summed E-state index contributed by atoms with van der Waals surface area (Å²) < 4.78 is 23.7. The number of ether oxygens (including phenoxy) is 2. The zero-order valence-electron chi connectivity index (χ0n) is 28.7. The maximum absolute atomic E-state index is 13.4. The van der Waals surface area contributed by atoms with E-state index in [1.165, 1.54) is 4.90 Å². The lowest BCUT2D eigenvalue weighted by molar-refractivity contribution is -0.158. The number of piperidine rings is 1. The average molecular weight is 660 g/mol. The third-order valence-electron chi connectivity index (χ3n) is 9.28. The number of carbonyl (C=O) groups is 3. The summed E-state index contributed by atoms with van der Waals surface area (Å²) in [6.45, 7) is 16.0. The van der Waals surface area contributed by atoms with Crippen LogP contribution in [0.1, 0.15) is 74.9 Å². The quantitative estimate of drug-likeness (QED) is 0.152. The van der Waals surface area contributed by atoms with Gasteiger partial charge in [0.2, 0.25) is 11.8 Å². The number of unbranched alkanes of at least 4 members (excludes halogenated alkanes) is 1. The van der Waals surface area contributed by atoms with Crippen molar-refractivity contribution < 1.29 is 33.2 Å². The van der Waals surface area contributed by atoms with Crippen molar-refractivity contribution in [3.8, 4) is 17.7 Å². The lowest BCUT2D eigenvalue weighted by Crippen LogP contribution is -2.55. The Labute approximate surface area is 279 Å². The van der Waals surface area contributed by atoms with E-state index in [1.807, 2.05) is 52.0 Å². The molecule has 1 atom stereocenters. The van der Waals surface area contributed by atoms with Gasteiger partial charge in [0.05, 0.1) is 17.8 Å². The topological polar surface area (TPSA) is 108 Å². The highest BCUT2D eigenvalue weighted by molar-refractivity contribution is 6.76. The maximum Gasteiger partial charge on any atom is 0.496 e. The Morgan fingerprint density at radius 2 is 1.79 bits per heavy atom. The van der Waals surface area contributed by atoms with E-state index in [4.69, 9.17) is 18.8 Å². The minimum Gasteiger partial charge on any atom is -0.478 e. The molecule has 2 saturated heterocycles. The number of likely N-dealkylation sites (tertiary alicyclic amines) is 1. The molecule has 3 amide bonds. The highest BCUT2D eigenvalue weighted by Gasteiger charge is 2.52. The molecule has 2 aromatic rings. The van der Waals surface area contributed by atoms with Crippen molar-refractivity contribution in [3.05, 3.63) is 53.2 Å². The second kappa shape index (κ2) is 13.9. The molecule has 47 heavy (non-hydrogen) atoms. The lowest BCUT2D eigenvalue weighted by Gasteiger charge is -2.35. The normalized spacial score (nSPS) is 20.4. The fourth-order valence-corrected chi connectivity index (χ4v) is 6.35. The number of benzene rings is 1. The number of hydrogen-bond donors (Lipinski definition) is 0. The van der Waals surface area contributed by atoms with Crippen molar-refractivity contribution in [2.24, 2.45) is 0 Å². The summed E-state index contributed by atoms with van der Waals surface area (Å²) in [7, 11) is -1.77. The molecule has 3 aliphatic heterocycles. The molecule has 0 radical (unpaired) electrons. The average Bonchev–Trinajstić information content (AvgIpc) is 3.45. The Hall–Kier alpha value is -3.50. The van der Waals surface area contributed by atoms with Gasteiger partial charge in [0, 0.05) is 56.9 Å². The molecule has 2 fully saturated rings. The van der Waals surface area contributed by atoms with Crippen LogP contribution in [0.15, 0.2) is 36.5 Å². The SMILES string of the molecule is CC1(C)OB(c2ccc(OCCCC#Cc3cccc4c3CN(C3CCC(=O)N(COCC[Si](C)(C)C)C3=O)C4=O)nc2)OC1(C)C. The van der Waals surface area contributed by atoms with Crippen LogP contribution in [0.25, 0.3) is 0 Å². The van der Waals surface area contributed by atoms with E-state index in [0.717, 1.165) is 22.6 Å². The van der Waals surface area contributed by atoms with Gasteiger partial charge in [-0.25, -0.2) is 4.98 Å². The molecule has 0 N–H and O–H groups in total. The second-order valence-electron chi connectivity index (χ2n) is 14.6. The molecule has 0 saturated carbocycles. The number of aromatic nitrogens is 1. The summed E-state index contributed by atoms with van der Waals surface area (Å²) in [5.41, 5.74) is 2.15. The van der Waals surface area contributed by atoms with E-state index in [0.29, 0.717) is 43.9 Å². The number of imide groups is 1. The number of fused-ring (bicyclic) bond motifs is 1. The van der Waals surface area contributed by atoms with Crippen LogP contribution in [0.3, 0.4) is 0 Å². The lowest BCUT2D eigenvalue weighted by atomic mass is 9.80. The van der Waals surface area contributed by atoms with E-state index < -0.39 is 32.4 Å². The summed E-state index contributed by atoms with van der Waals surface area (Å²) in [5.74, 6) is 6.11. The van der Waals surface area contributed by atoms with Crippen molar-refractivity contribution in [3.63, 3.8) is 0 Å². The first-order chi connectivity index (χ1) is 22.2. The smallest absolute Gasteiger partial charge is 0.478 e. The molecule has 1 aromatic heterocycles. The van der Waals surface area contributed by atoms with Crippen LogP contribution in [-0.2, 0) is 30.2 Å². The molecule has 0 aliphatic carbocycles. The van der Waals surface area contributed by atoms with Gasteiger partial charge < -0.3 is 23.7 Å². The van der Waals surface area contributed by atoms with E-state index in [2.05, 4.69) is 36.5 Å². The Kier molecular flexibility index (Phi) is 10.3. The third-order valence-corrected chi connectivity index (χ3v) is 11.0. The van der Waals surface area contributed by atoms with Crippen LogP contribution in [0.4, 0.5) is 0 Å². The van der Waals surface area contributed by atoms with Crippen molar-refractivity contribution in [1.82, 2.24) is 14.8 Å². The van der Waals surface area contributed by atoms with Gasteiger partial charge in [-0.05, 0) is 70.3 Å². The standard InChI is InChI=1S/C35H46BN3O7Si/c1-34(2)35(3,4)46-36(45-34)26-15-17-30(37-22-26)44-19-10-8-9-12-25-13-11-14-27-28(25)23-38(32(27)41)29-16-18-31(40)39(33(29)42)24-43-20-21-47(5,6)7/h11,13-15,17,22,29H,8,10,16,18-21,23-24H2,1-7H3. The predicted molar refractivity (Wildman–Crippen MR) is 182 cm³/mol. The van der Waals surface area contributed by atoms with Gasteiger partial charge in [-0.3, -0.25) is 19.3 Å². The molecule has 10 nitrogen and oxygen atoms in total. The highest BCUT2D eigenvalue weighted by atomic mass is 28.3. The molecule has 4 heterocycles. The predicted octanol–water partition coefficient (Wildman–Crippen LogP) is 4.38. The van der Waals surface area contributed by atoms with Gasteiger partial charge in [-0.15, -0.1) is 0 Å². The molecule has 250 valence electrons.